The molecule has 104 valence electrons. The zero-order valence-corrected chi connectivity index (χ0v) is 11.2. The van der Waals surface area contributed by atoms with Gasteiger partial charge in [0, 0.05) is 6.54 Å². The summed E-state index contributed by atoms with van der Waals surface area (Å²) < 4.78 is 19.1. The molecule has 0 spiro atoms. The summed E-state index contributed by atoms with van der Waals surface area (Å²) in [5.41, 5.74) is -0.301. The van der Waals surface area contributed by atoms with E-state index in [1.54, 1.807) is 6.92 Å². The first-order valence-electron chi connectivity index (χ1n) is 6.00. The number of carbonyl (C=O) groups excluding carboxylic acids is 1. The van der Waals surface area contributed by atoms with Gasteiger partial charge in [-0.15, -0.1) is 11.6 Å². The SMILES string of the molecule is CC1COC(CCl)CN1C(=O)c1c(O)cccc1F. The van der Waals surface area contributed by atoms with E-state index in [4.69, 9.17) is 16.3 Å². The van der Waals surface area contributed by atoms with E-state index in [9.17, 15) is 14.3 Å². The van der Waals surface area contributed by atoms with Crippen molar-refractivity contribution in [2.45, 2.75) is 19.1 Å². The number of phenolic OH excluding ortho intramolecular Hbond substituents is 1. The zero-order chi connectivity index (χ0) is 14.0. The molecule has 0 radical (unpaired) electrons. The topological polar surface area (TPSA) is 49.8 Å². The Morgan fingerprint density at radius 1 is 1.63 bits per heavy atom. The first-order chi connectivity index (χ1) is 9.04. The van der Waals surface area contributed by atoms with Crippen LogP contribution < -0.4 is 0 Å². The molecule has 4 nitrogen and oxygen atoms in total. The number of hydrogen-bond donors (Lipinski definition) is 1. The molecular weight excluding hydrogens is 273 g/mol. The minimum atomic E-state index is -0.730. The van der Waals surface area contributed by atoms with E-state index < -0.39 is 11.7 Å². The maximum absolute atomic E-state index is 13.7. The van der Waals surface area contributed by atoms with Gasteiger partial charge in [0.1, 0.15) is 17.1 Å². The zero-order valence-electron chi connectivity index (χ0n) is 10.5. The molecule has 0 aliphatic carbocycles. The van der Waals surface area contributed by atoms with Crippen LogP contribution in [0.15, 0.2) is 18.2 Å². The number of rotatable bonds is 2. The molecule has 1 aromatic carbocycles. The quantitative estimate of drug-likeness (QED) is 0.847. The van der Waals surface area contributed by atoms with E-state index in [-0.39, 0.29) is 35.9 Å². The van der Waals surface area contributed by atoms with Crippen molar-refractivity contribution in [3.63, 3.8) is 0 Å². The van der Waals surface area contributed by atoms with Gasteiger partial charge >= 0.3 is 0 Å². The molecule has 19 heavy (non-hydrogen) atoms. The van der Waals surface area contributed by atoms with Crippen LogP contribution in [0.5, 0.6) is 5.75 Å². The molecule has 1 aromatic rings. The molecule has 1 heterocycles. The van der Waals surface area contributed by atoms with Crippen molar-refractivity contribution in [1.29, 1.82) is 0 Å². The minimum absolute atomic E-state index is 0.189. The number of carbonyl (C=O) groups is 1. The highest BCUT2D eigenvalue weighted by atomic mass is 35.5. The standard InChI is InChI=1S/C13H15ClFNO3/c1-8-7-19-9(5-14)6-16(8)13(18)12-10(15)3-2-4-11(12)17/h2-4,8-9,17H,5-7H2,1H3. The lowest BCUT2D eigenvalue weighted by Crippen LogP contribution is -2.51. The fourth-order valence-electron chi connectivity index (χ4n) is 2.06. The van der Waals surface area contributed by atoms with Crippen molar-refractivity contribution < 1.29 is 19.0 Å². The molecule has 6 heteroatoms. The Bertz CT molecular complexity index is 463. The maximum atomic E-state index is 13.7. The van der Waals surface area contributed by atoms with Gasteiger partial charge in [0.15, 0.2) is 0 Å². The summed E-state index contributed by atoms with van der Waals surface area (Å²) >= 11 is 5.72. The predicted molar refractivity (Wildman–Crippen MR) is 69.0 cm³/mol. The van der Waals surface area contributed by atoms with E-state index in [0.29, 0.717) is 6.61 Å². The molecule has 1 aliphatic heterocycles. The van der Waals surface area contributed by atoms with Gasteiger partial charge in [-0.25, -0.2) is 4.39 Å². The smallest absolute Gasteiger partial charge is 0.261 e. The van der Waals surface area contributed by atoms with Crippen LogP contribution in [0.1, 0.15) is 17.3 Å². The molecule has 1 amide bonds. The fourth-order valence-corrected chi connectivity index (χ4v) is 2.25. The number of amides is 1. The number of phenols is 1. The Morgan fingerprint density at radius 3 is 3.00 bits per heavy atom. The highest BCUT2D eigenvalue weighted by Gasteiger charge is 2.32. The van der Waals surface area contributed by atoms with Crippen molar-refractivity contribution in [3.8, 4) is 5.75 Å². The molecular formula is C13H15ClFNO3. The van der Waals surface area contributed by atoms with E-state index in [0.717, 1.165) is 6.07 Å². The number of aromatic hydroxyl groups is 1. The van der Waals surface area contributed by atoms with Gasteiger partial charge in [0.2, 0.25) is 0 Å². The summed E-state index contributed by atoms with van der Waals surface area (Å²) in [7, 11) is 0. The largest absolute Gasteiger partial charge is 0.507 e. The van der Waals surface area contributed by atoms with Crippen molar-refractivity contribution in [2.24, 2.45) is 0 Å². The first kappa shape index (κ1) is 14.1. The van der Waals surface area contributed by atoms with Crippen molar-refractivity contribution in [2.75, 3.05) is 19.0 Å². The molecule has 0 aromatic heterocycles. The second-order valence-corrected chi connectivity index (χ2v) is 4.86. The van der Waals surface area contributed by atoms with Gasteiger partial charge in [-0.1, -0.05) is 6.07 Å². The van der Waals surface area contributed by atoms with E-state index in [1.807, 2.05) is 0 Å². The highest BCUT2D eigenvalue weighted by Crippen LogP contribution is 2.24. The third kappa shape index (κ3) is 2.82. The number of ether oxygens (including phenoxy) is 1. The van der Waals surface area contributed by atoms with E-state index >= 15 is 0 Å². The van der Waals surface area contributed by atoms with Crippen LogP contribution >= 0.6 is 11.6 Å². The van der Waals surface area contributed by atoms with Crippen LogP contribution in [0.2, 0.25) is 0 Å². The number of nitrogens with zero attached hydrogens (tertiary/aromatic N) is 1. The monoisotopic (exact) mass is 287 g/mol. The molecule has 0 bridgehead atoms. The maximum Gasteiger partial charge on any atom is 0.261 e. The highest BCUT2D eigenvalue weighted by molar-refractivity contribution is 6.18. The van der Waals surface area contributed by atoms with Gasteiger partial charge in [-0.2, -0.15) is 0 Å². The molecule has 1 N–H and O–H groups in total. The lowest BCUT2D eigenvalue weighted by Gasteiger charge is -2.37. The summed E-state index contributed by atoms with van der Waals surface area (Å²) in [6, 6.07) is 3.61. The van der Waals surface area contributed by atoms with Crippen LogP contribution in [-0.4, -0.2) is 47.1 Å². The third-order valence-electron chi connectivity index (χ3n) is 3.14. The second kappa shape index (κ2) is 5.75. The Balaban J connectivity index is 2.27. The summed E-state index contributed by atoms with van der Waals surface area (Å²) in [6.45, 7) is 2.44. The van der Waals surface area contributed by atoms with Crippen LogP contribution in [0.4, 0.5) is 4.39 Å². The van der Waals surface area contributed by atoms with Crippen LogP contribution in [0.3, 0.4) is 0 Å². The fraction of sp³-hybridized carbons (Fsp3) is 0.462. The van der Waals surface area contributed by atoms with Gasteiger partial charge in [-0.3, -0.25) is 4.79 Å². The van der Waals surface area contributed by atoms with Crippen molar-refractivity contribution in [3.05, 3.63) is 29.6 Å². The van der Waals surface area contributed by atoms with Gasteiger partial charge < -0.3 is 14.7 Å². The molecule has 1 fully saturated rings. The normalized spacial score (nSPS) is 23.4. The lowest BCUT2D eigenvalue weighted by molar-refractivity contribution is -0.0374. The van der Waals surface area contributed by atoms with E-state index in [2.05, 4.69) is 0 Å². The summed E-state index contributed by atoms with van der Waals surface area (Å²) in [6.07, 6.45) is -0.268. The Morgan fingerprint density at radius 2 is 2.37 bits per heavy atom. The summed E-state index contributed by atoms with van der Waals surface area (Å²) in [5, 5.41) is 9.66. The Hall–Kier alpha value is -1.33. The molecule has 1 saturated heterocycles. The first-order valence-corrected chi connectivity index (χ1v) is 6.54. The van der Waals surface area contributed by atoms with Crippen LogP contribution in [0, 0.1) is 5.82 Å². The van der Waals surface area contributed by atoms with E-state index in [1.165, 1.54) is 17.0 Å². The van der Waals surface area contributed by atoms with Gasteiger partial charge in [0.25, 0.3) is 5.91 Å². The lowest BCUT2D eigenvalue weighted by atomic mass is 10.1. The van der Waals surface area contributed by atoms with Crippen LogP contribution in [-0.2, 0) is 4.74 Å². The summed E-state index contributed by atoms with van der Waals surface area (Å²) in [5.74, 6) is -1.36. The molecule has 0 saturated carbocycles. The predicted octanol–water partition coefficient (Wildman–Crippen LogP) is 2.00. The third-order valence-corrected chi connectivity index (χ3v) is 3.49. The number of halogens is 2. The van der Waals surface area contributed by atoms with Gasteiger partial charge in [0.05, 0.1) is 24.6 Å². The minimum Gasteiger partial charge on any atom is -0.507 e. The average Bonchev–Trinajstić information content (AvgIpc) is 2.39. The van der Waals surface area contributed by atoms with Crippen LogP contribution in [0.25, 0.3) is 0 Å². The number of benzene rings is 1. The Kier molecular flexibility index (Phi) is 4.27. The molecule has 2 rings (SSSR count). The average molecular weight is 288 g/mol. The van der Waals surface area contributed by atoms with Crippen molar-refractivity contribution in [1.82, 2.24) is 4.90 Å². The van der Waals surface area contributed by atoms with Gasteiger partial charge in [-0.05, 0) is 19.1 Å². The number of hydrogen-bond acceptors (Lipinski definition) is 3. The molecule has 2 atom stereocenters. The second-order valence-electron chi connectivity index (χ2n) is 4.55. The number of morpholine rings is 1. The molecule has 2 unspecified atom stereocenters. The van der Waals surface area contributed by atoms with Crippen molar-refractivity contribution >= 4 is 17.5 Å². The summed E-state index contributed by atoms with van der Waals surface area (Å²) in [4.78, 5) is 13.8. The number of alkyl halides is 1. The molecule has 1 aliphatic rings. The Labute approximate surface area is 115 Å².